The maximum Gasteiger partial charge on any atom is 0.159 e. The standard InChI is InChI=1S/C15H22N2O2/c1-2-12(5-3-9-16)7-8-13-11-15(19-17-13)14-6-4-10-18-14/h2-3,7-9,14-15H,4-6,10-11,16H2,1H3/b8-7-,9-3-,12-2-. The summed E-state index contributed by atoms with van der Waals surface area (Å²) in [7, 11) is 0. The fourth-order valence-corrected chi connectivity index (χ4v) is 2.30. The van der Waals surface area contributed by atoms with Crippen molar-refractivity contribution in [3.63, 3.8) is 0 Å². The van der Waals surface area contributed by atoms with Crippen molar-refractivity contribution < 1.29 is 9.57 Å². The summed E-state index contributed by atoms with van der Waals surface area (Å²) in [4.78, 5) is 5.45. The predicted octanol–water partition coefficient (Wildman–Crippen LogP) is 2.68. The fourth-order valence-electron chi connectivity index (χ4n) is 2.30. The third-order valence-electron chi connectivity index (χ3n) is 3.45. The summed E-state index contributed by atoms with van der Waals surface area (Å²) in [5.74, 6) is 0. The second-order valence-electron chi connectivity index (χ2n) is 4.81. The molecule has 1 saturated heterocycles. The Hall–Kier alpha value is -1.55. The topological polar surface area (TPSA) is 56.8 Å². The zero-order chi connectivity index (χ0) is 13.5. The lowest BCUT2D eigenvalue weighted by molar-refractivity contribution is -0.0305. The van der Waals surface area contributed by atoms with Gasteiger partial charge in [0.1, 0.15) is 0 Å². The van der Waals surface area contributed by atoms with E-state index in [0.29, 0.717) is 0 Å². The highest BCUT2D eigenvalue weighted by Gasteiger charge is 2.31. The summed E-state index contributed by atoms with van der Waals surface area (Å²) in [6.45, 7) is 2.87. The molecule has 0 aliphatic carbocycles. The number of hydrogen-bond donors (Lipinski definition) is 1. The van der Waals surface area contributed by atoms with Gasteiger partial charge in [-0.05, 0) is 44.0 Å². The van der Waals surface area contributed by atoms with Gasteiger partial charge >= 0.3 is 0 Å². The van der Waals surface area contributed by atoms with Gasteiger partial charge in [0.05, 0.1) is 11.8 Å². The number of allylic oxidation sites excluding steroid dienone is 5. The van der Waals surface area contributed by atoms with Crippen LogP contribution in [0.2, 0.25) is 0 Å². The molecule has 0 saturated carbocycles. The quantitative estimate of drug-likeness (QED) is 0.775. The van der Waals surface area contributed by atoms with E-state index in [1.807, 2.05) is 19.1 Å². The van der Waals surface area contributed by atoms with Crippen molar-refractivity contribution in [2.75, 3.05) is 6.61 Å². The Kier molecular flexibility index (Phi) is 5.21. The molecular formula is C15H22N2O2. The Morgan fingerprint density at radius 2 is 2.37 bits per heavy atom. The van der Waals surface area contributed by atoms with Gasteiger partial charge in [0, 0.05) is 13.0 Å². The van der Waals surface area contributed by atoms with Crippen LogP contribution in [-0.2, 0) is 9.57 Å². The van der Waals surface area contributed by atoms with Crippen LogP contribution in [0.25, 0.3) is 0 Å². The number of ether oxygens (including phenoxy) is 1. The van der Waals surface area contributed by atoms with Crippen LogP contribution < -0.4 is 5.73 Å². The van der Waals surface area contributed by atoms with Gasteiger partial charge in [0.15, 0.2) is 6.10 Å². The third kappa shape index (κ3) is 3.96. The number of rotatable bonds is 5. The number of hydrogen-bond acceptors (Lipinski definition) is 4. The van der Waals surface area contributed by atoms with E-state index in [1.54, 1.807) is 6.20 Å². The monoisotopic (exact) mass is 262 g/mol. The van der Waals surface area contributed by atoms with E-state index in [0.717, 1.165) is 38.0 Å². The molecule has 0 bridgehead atoms. The molecule has 0 amide bonds. The van der Waals surface area contributed by atoms with Crippen LogP contribution >= 0.6 is 0 Å². The normalized spacial score (nSPS) is 28.3. The summed E-state index contributed by atoms with van der Waals surface area (Å²) in [6.07, 6.45) is 13.9. The maximum atomic E-state index is 5.63. The summed E-state index contributed by atoms with van der Waals surface area (Å²) in [6, 6.07) is 0. The van der Waals surface area contributed by atoms with Crippen molar-refractivity contribution in [1.82, 2.24) is 0 Å². The highest BCUT2D eigenvalue weighted by atomic mass is 16.7. The lowest BCUT2D eigenvalue weighted by atomic mass is 10.0. The van der Waals surface area contributed by atoms with Crippen LogP contribution in [-0.4, -0.2) is 24.5 Å². The fraction of sp³-hybridized carbons (Fsp3) is 0.533. The van der Waals surface area contributed by atoms with Crippen molar-refractivity contribution in [3.8, 4) is 0 Å². The number of nitrogens with two attached hydrogens (primary N) is 1. The largest absolute Gasteiger partial charge is 0.405 e. The molecule has 104 valence electrons. The van der Waals surface area contributed by atoms with E-state index < -0.39 is 0 Å². The molecular weight excluding hydrogens is 240 g/mol. The molecule has 2 N–H and O–H groups in total. The first-order valence-electron chi connectivity index (χ1n) is 6.87. The minimum Gasteiger partial charge on any atom is -0.405 e. The minimum atomic E-state index is 0.0974. The zero-order valence-corrected chi connectivity index (χ0v) is 11.4. The predicted molar refractivity (Wildman–Crippen MR) is 76.7 cm³/mol. The Morgan fingerprint density at radius 1 is 1.47 bits per heavy atom. The van der Waals surface area contributed by atoms with Gasteiger partial charge in [0.2, 0.25) is 0 Å². The van der Waals surface area contributed by atoms with E-state index in [-0.39, 0.29) is 12.2 Å². The molecule has 2 aliphatic heterocycles. The lowest BCUT2D eigenvalue weighted by Crippen LogP contribution is -2.25. The van der Waals surface area contributed by atoms with E-state index in [4.69, 9.17) is 15.3 Å². The maximum absolute atomic E-state index is 5.63. The van der Waals surface area contributed by atoms with Gasteiger partial charge in [0.25, 0.3) is 0 Å². The Morgan fingerprint density at radius 3 is 3.05 bits per heavy atom. The van der Waals surface area contributed by atoms with Crippen molar-refractivity contribution in [3.05, 3.63) is 36.1 Å². The average molecular weight is 262 g/mol. The molecule has 2 unspecified atom stereocenters. The molecule has 0 aromatic heterocycles. The molecule has 2 heterocycles. The molecule has 19 heavy (non-hydrogen) atoms. The van der Waals surface area contributed by atoms with Crippen molar-refractivity contribution >= 4 is 5.71 Å². The number of nitrogens with zero attached hydrogens (tertiary/aromatic N) is 1. The minimum absolute atomic E-state index is 0.0974. The van der Waals surface area contributed by atoms with E-state index >= 15 is 0 Å². The van der Waals surface area contributed by atoms with Gasteiger partial charge in [-0.1, -0.05) is 23.4 Å². The Balaban J connectivity index is 1.83. The van der Waals surface area contributed by atoms with Gasteiger partial charge < -0.3 is 15.3 Å². The molecule has 0 aromatic rings. The molecule has 4 nitrogen and oxygen atoms in total. The highest BCUT2D eigenvalue weighted by molar-refractivity contribution is 5.96. The third-order valence-corrected chi connectivity index (χ3v) is 3.45. The molecule has 4 heteroatoms. The van der Waals surface area contributed by atoms with Crippen LogP contribution in [0.5, 0.6) is 0 Å². The van der Waals surface area contributed by atoms with Crippen molar-refractivity contribution in [2.45, 2.75) is 44.8 Å². The summed E-state index contributed by atoms with van der Waals surface area (Å²) < 4.78 is 5.63. The molecule has 2 aliphatic rings. The van der Waals surface area contributed by atoms with Crippen LogP contribution in [0.1, 0.15) is 32.6 Å². The first kappa shape index (κ1) is 13.9. The average Bonchev–Trinajstić information content (AvgIpc) is 3.09. The molecule has 0 radical (unpaired) electrons. The second-order valence-corrected chi connectivity index (χ2v) is 4.81. The molecule has 2 rings (SSSR count). The first-order valence-corrected chi connectivity index (χ1v) is 6.87. The van der Waals surface area contributed by atoms with E-state index in [9.17, 15) is 0 Å². The van der Waals surface area contributed by atoms with E-state index in [2.05, 4.69) is 17.3 Å². The Bertz CT molecular complexity index is 404. The SMILES string of the molecule is C/C=C(\C=C/C1=NOC(C2CCCO2)C1)C/C=C\N. The van der Waals surface area contributed by atoms with Gasteiger partial charge in [-0.3, -0.25) is 0 Å². The van der Waals surface area contributed by atoms with Gasteiger partial charge in [-0.2, -0.15) is 0 Å². The molecule has 2 atom stereocenters. The zero-order valence-electron chi connectivity index (χ0n) is 11.4. The number of oxime groups is 1. The van der Waals surface area contributed by atoms with Crippen molar-refractivity contribution in [1.29, 1.82) is 0 Å². The van der Waals surface area contributed by atoms with E-state index in [1.165, 1.54) is 5.57 Å². The molecule has 1 fully saturated rings. The summed E-state index contributed by atoms with van der Waals surface area (Å²) in [5, 5.41) is 4.13. The highest BCUT2D eigenvalue weighted by Crippen LogP contribution is 2.24. The molecule has 0 spiro atoms. The lowest BCUT2D eigenvalue weighted by Gasteiger charge is -2.14. The summed E-state index contributed by atoms with van der Waals surface area (Å²) >= 11 is 0. The van der Waals surface area contributed by atoms with Crippen LogP contribution in [0.15, 0.2) is 41.2 Å². The van der Waals surface area contributed by atoms with Crippen LogP contribution in [0.4, 0.5) is 0 Å². The van der Waals surface area contributed by atoms with Crippen molar-refractivity contribution in [2.24, 2.45) is 10.9 Å². The van der Waals surface area contributed by atoms with Gasteiger partial charge in [-0.15, -0.1) is 0 Å². The first-order chi connectivity index (χ1) is 9.33. The Labute approximate surface area is 114 Å². The van der Waals surface area contributed by atoms with Crippen LogP contribution in [0.3, 0.4) is 0 Å². The summed E-state index contributed by atoms with van der Waals surface area (Å²) in [5.41, 5.74) is 7.54. The van der Waals surface area contributed by atoms with Crippen LogP contribution in [0, 0.1) is 0 Å². The smallest absolute Gasteiger partial charge is 0.159 e. The second kappa shape index (κ2) is 7.14. The molecule has 0 aromatic carbocycles. The van der Waals surface area contributed by atoms with Gasteiger partial charge in [-0.25, -0.2) is 0 Å².